The first kappa shape index (κ1) is 19.1. The third kappa shape index (κ3) is 6.02. The predicted molar refractivity (Wildman–Crippen MR) is 82.0 cm³/mol. The van der Waals surface area contributed by atoms with Gasteiger partial charge in [0.05, 0.1) is 6.04 Å². The molecular weight excluding hydrogens is 302 g/mol. The molecule has 2 amide bonds. The standard InChI is InChI=1S/C11H21N3O4S2/c1-5(2)8(14-9(15)6(12)3-19)10(16)13-7(4-20)11(17)18/h5-8,19-20H,3-4,12H2,1-2H3,(H,13,16)(H,14,15)(H,17,18). The summed E-state index contributed by atoms with van der Waals surface area (Å²) in [7, 11) is 0. The molecule has 3 unspecified atom stereocenters. The molecule has 0 aromatic rings. The van der Waals surface area contributed by atoms with Crippen molar-refractivity contribution in [2.24, 2.45) is 11.7 Å². The minimum atomic E-state index is -1.19. The van der Waals surface area contributed by atoms with Gasteiger partial charge in [-0.3, -0.25) is 9.59 Å². The highest BCUT2D eigenvalue weighted by Gasteiger charge is 2.29. The van der Waals surface area contributed by atoms with Crippen molar-refractivity contribution in [2.45, 2.75) is 32.0 Å². The van der Waals surface area contributed by atoms with Crippen molar-refractivity contribution in [3.8, 4) is 0 Å². The Morgan fingerprint density at radius 2 is 1.65 bits per heavy atom. The summed E-state index contributed by atoms with van der Waals surface area (Å²) in [6, 6.07) is -2.80. The molecule has 0 heterocycles. The fourth-order valence-corrected chi connectivity index (χ4v) is 1.74. The number of nitrogens with two attached hydrogens (primary N) is 1. The molecule has 0 bridgehead atoms. The van der Waals surface area contributed by atoms with E-state index in [1.54, 1.807) is 13.8 Å². The molecule has 116 valence electrons. The third-order valence-corrected chi connectivity index (χ3v) is 3.34. The van der Waals surface area contributed by atoms with E-state index in [1.807, 2.05) is 0 Å². The minimum Gasteiger partial charge on any atom is -0.480 e. The van der Waals surface area contributed by atoms with Gasteiger partial charge in [-0.1, -0.05) is 13.8 Å². The number of carbonyl (C=O) groups excluding carboxylic acids is 2. The first-order valence-corrected chi connectivity index (χ1v) is 7.31. The summed E-state index contributed by atoms with van der Waals surface area (Å²) in [5, 5.41) is 13.7. The molecular formula is C11H21N3O4S2. The van der Waals surface area contributed by atoms with Gasteiger partial charge in [0, 0.05) is 11.5 Å². The maximum atomic E-state index is 12.0. The summed E-state index contributed by atoms with van der Waals surface area (Å²) >= 11 is 7.76. The van der Waals surface area contributed by atoms with Gasteiger partial charge in [0.15, 0.2) is 0 Å². The number of carboxylic acid groups (broad SMARTS) is 1. The zero-order chi connectivity index (χ0) is 15.9. The van der Waals surface area contributed by atoms with Crippen LogP contribution in [0.5, 0.6) is 0 Å². The van der Waals surface area contributed by atoms with Gasteiger partial charge in [0.2, 0.25) is 11.8 Å². The molecule has 0 aliphatic rings. The first-order chi connectivity index (χ1) is 9.24. The van der Waals surface area contributed by atoms with Gasteiger partial charge in [-0.05, 0) is 5.92 Å². The zero-order valence-electron chi connectivity index (χ0n) is 11.4. The number of amides is 2. The van der Waals surface area contributed by atoms with Crippen LogP contribution in [-0.4, -0.2) is 52.5 Å². The van der Waals surface area contributed by atoms with Crippen LogP contribution >= 0.6 is 25.3 Å². The highest BCUT2D eigenvalue weighted by atomic mass is 32.1. The Morgan fingerprint density at radius 3 is 2.00 bits per heavy atom. The quantitative estimate of drug-likeness (QED) is 0.316. The molecule has 3 atom stereocenters. The molecule has 0 fully saturated rings. The highest BCUT2D eigenvalue weighted by Crippen LogP contribution is 2.04. The predicted octanol–water partition coefficient (Wildman–Crippen LogP) is -1.12. The van der Waals surface area contributed by atoms with Crippen LogP contribution in [0.25, 0.3) is 0 Å². The van der Waals surface area contributed by atoms with Crippen LogP contribution in [0.3, 0.4) is 0 Å². The van der Waals surface area contributed by atoms with Gasteiger partial charge in [0.25, 0.3) is 0 Å². The average Bonchev–Trinajstić information content (AvgIpc) is 2.39. The van der Waals surface area contributed by atoms with Crippen LogP contribution in [-0.2, 0) is 14.4 Å². The lowest BCUT2D eigenvalue weighted by atomic mass is 10.0. The summed E-state index contributed by atoms with van der Waals surface area (Å²) in [5.74, 6) is -2.40. The molecule has 0 radical (unpaired) electrons. The van der Waals surface area contributed by atoms with Crippen LogP contribution in [0.15, 0.2) is 0 Å². The van der Waals surface area contributed by atoms with E-state index in [9.17, 15) is 14.4 Å². The summed E-state index contributed by atoms with van der Waals surface area (Å²) in [4.78, 5) is 34.6. The average molecular weight is 323 g/mol. The molecule has 5 N–H and O–H groups in total. The molecule has 7 nitrogen and oxygen atoms in total. The SMILES string of the molecule is CC(C)C(NC(=O)C(N)CS)C(=O)NC(CS)C(=O)O. The van der Waals surface area contributed by atoms with Crippen molar-refractivity contribution in [1.82, 2.24) is 10.6 Å². The van der Waals surface area contributed by atoms with Crippen molar-refractivity contribution < 1.29 is 19.5 Å². The van der Waals surface area contributed by atoms with Gasteiger partial charge in [-0.15, -0.1) is 0 Å². The van der Waals surface area contributed by atoms with Crippen molar-refractivity contribution in [3.05, 3.63) is 0 Å². The summed E-state index contributed by atoms with van der Waals surface area (Å²) in [6.45, 7) is 3.46. The van der Waals surface area contributed by atoms with Crippen LogP contribution < -0.4 is 16.4 Å². The largest absolute Gasteiger partial charge is 0.480 e. The second-order valence-electron chi connectivity index (χ2n) is 4.60. The minimum absolute atomic E-state index is 0.0456. The number of carboxylic acids is 1. The normalized spacial score (nSPS) is 15.3. The number of aliphatic carboxylic acids is 1. The Bertz CT molecular complexity index is 366. The Labute approximate surface area is 128 Å². The molecule has 0 aromatic carbocycles. The Hall–Kier alpha value is -0.930. The van der Waals surface area contributed by atoms with E-state index >= 15 is 0 Å². The van der Waals surface area contributed by atoms with E-state index in [4.69, 9.17) is 10.8 Å². The van der Waals surface area contributed by atoms with Crippen molar-refractivity contribution in [2.75, 3.05) is 11.5 Å². The van der Waals surface area contributed by atoms with Crippen LogP contribution in [0.2, 0.25) is 0 Å². The van der Waals surface area contributed by atoms with E-state index < -0.39 is 35.9 Å². The fourth-order valence-electron chi connectivity index (χ4n) is 1.33. The molecule has 0 aromatic heterocycles. The fraction of sp³-hybridized carbons (Fsp3) is 0.727. The van der Waals surface area contributed by atoms with Crippen molar-refractivity contribution in [1.29, 1.82) is 0 Å². The monoisotopic (exact) mass is 323 g/mol. The molecule has 9 heteroatoms. The van der Waals surface area contributed by atoms with E-state index in [0.717, 1.165) is 0 Å². The van der Waals surface area contributed by atoms with E-state index in [-0.39, 0.29) is 17.4 Å². The Kier molecular flexibility index (Phi) is 8.67. The van der Waals surface area contributed by atoms with Crippen LogP contribution in [0, 0.1) is 5.92 Å². The first-order valence-electron chi connectivity index (χ1n) is 6.05. The van der Waals surface area contributed by atoms with Crippen molar-refractivity contribution >= 4 is 43.0 Å². The smallest absolute Gasteiger partial charge is 0.327 e. The summed E-state index contributed by atoms with van der Waals surface area (Å²) < 4.78 is 0. The summed E-state index contributed by atoms with van der Waals surface area (Å²) in [6.07, 6.45) is 0. The second kappa shape index (κ2) is 9.09. The molecule has 0 aliphatic carbocycles. The van der Waals surface area contributed by atoms with Gasteiger partial charge < -0.3 is 21.5 Å². The molecule has 0 aliphatic heterocycles. The van der Waals surface area contributed by atoms with Crippen LogP contribution in [0.1, 0.15) is 13.8 Å². The number of rotatable bonds is 8. The maximum absolute atomic E-state index is 12.0. The van der Waals surface area contributed by atoms with E-state index in [0.29, 0.717) is 0 Å². The third-order valence-electron chi connectivity index (χ3n) is 2.58. The van der Waals surface area contributed by atoms with Crippen LogP contribution in [0.4, 0.5) is 0 Å². The lowest BCUT2D eigenvalue weighted by molar-refractivity contribution is -0.141. The molecule has 0 saturated heterocycles. The number of carbonyl (C=O) groups is 3. The summed E-state index contributed by atoms with van der Waals surface area (Å²) in [5.41, 5.74) is 5.51. The lowest BCUT2D eigenvalue weighted by Gasteiger charge is -2.24. The second-order valence-corrected chi connectivity index (χ2v) is 5.33. The Balaban J connectivity index is 4.79. The Morgan fingerprint density at radius 1 is 1.10 bits per heavy atom. The van der Waals surface area contributed by atoms with Gasteiger partial charge in [0.1, 0.15) is 12.1 Å². The number of thiol groups is 2. The van der Waals surface area contributed by atoms with Gasteiger partial charge in [-0.25, -0.2) is 4.79 Å². The molecule has 0 spiro atoms. The topological polar surface area (TPSA) is 122 Å². The van der Waals surface area contributed by atoms with Crippen molar-refractivity contribution in [3.63, 3.8) is 0 Å². The van der Waals surface area contributed by atoms with E-state index in [2.05, 4.69) is 35.9 Å². The highest BCUT2D eigenvalue weighted by molar-refractivity contribution is 7.80. The van der Waals surface area contributed by atoms with Gasteiger partial charge in [-0.2, -0.15) is 25.3 Å². The maximum Gasteiger partial charge on any atom is 0.327 e. The molecule has 0 rings (SSSR count). The number of nitrogens with one attached hydrogen (secondary N) is 2. The zero-order valence-corrected chi connectivity index (χ0v) is 13.2. The number of hydrogen-bond acceptors (Lipinski definition) is 6. The number of hydrogen-bond donors (Lipinski definition) is 6. The molecule has 20 heavy (non-hydrogen) atoms. The lowest BCUT2D eigenvalue weighted by Crippen LogP contribution is -2.56. The molecule has 0 saturated carbocycles. The van der Waals surface area contributed by atoms with Gasteiger partial charge >= 0.3 is 5.97 Å². The van der Waals surface area contributed by atoms with E-state index in [1.165, 1.54) is 0 Å².